The van der Waals surface area contributed by atoms with Crippen LogP contribution in [0.2, 0.25) is 0 Å². The summed E-state index contributed by atoms with van der Waals surface area (Å²) in [4.78, 5) is 13.1. The zero-order chi connectivity index (χ0) is 14.7. The number of urea groups is 1. The van der Waals surface area contributed by atoms with Crippen molar-refractivity contribution in [3.05, 3.63) is 42.5 Å². The van der Waals surface area contributed by atoms with Crippen LogP contribution in [0.15, 0.2) is 47.4 Å². The summed E-state index contributed by atoms with van der Waals surface area (Å²) in [5, 5.41) is 5.57. The molecule has 3 aromatic rings. The highest BCUT2D eigenvalue weighted by molar-refractivity contribution is 7.98. The number of amides is 2. The Morgan fingerprint density at radius 3 is 2.43 bits per heavy atom. The molecule has 3 rings (SSSR count). The van der Waals surface area contributed by atoms with Gasteiger partial charge >= 0.3 is 6.03 Å². The fraction of sp³-hybridized carbons (Fsp3) is 0.0714. The third-order valence-corrected chi connectivity index (χ3v) is 4.16. The van der Waals surface area contributed by atoms with E-state index in [0.29, 0.717) is 5.69 Å². The molecule has 7 heteroatoms. The molecule has 0 bridgehead atoms. The maximum atomic E-state index is 11.9. The summed E-state index contributed by atoms with van der Waals surface area (Å²) in [6.07, 6.45) is 2.01. The average molecular weight is 316 g/mol. The van der Waals surface area contributed by atoms with E-state index in [1.54, 1.807) is 23.9 Å². The summed E-state index contributed by atoms with van der Waals surface area (Å²) in [5.74, 6) is 0. The van der Waals surface area contributed by atoms with E-state index >= 15 is 0 Å². The van der Waals surface area contributed by atoms with Gasteiger partial charge < -0.3 is 10.6 Å². The second-order valence-corrected chi connectivity index (χ2v) is 5.68. The van der Waals surface area contributed by atoms with Crippen LogP contribution < -0.4 is 10.6 Å². The van der Waals surface area contributed by atoms with E-state index in [0.717, 1.165) is 33.3 Å². The first-order chi connectivity index (χ1) is 10.2. The third kappa shape index (κ3) is 3.32. The summed E-state index contributed by atoms with van der Waals surface area (Å²) in [6, 6.07) is 12.8. The van der Waals surface area contributed by atoms with Crippen molar-refractivity contribution in [2.45, 2.75) is 4.90 Å². The van der Waals surface area contributed by atoms with Crippen LogP contribution >= 0.6 is 23.5 Å². The highest BCUT2D eigenvalue weighted by Crippen LogP contribution is 2.19. The molecule has 2 aromatic carbocycles. The molecule has 0 spiro atoms. The summed E-state index contributed by atoms with van der Waals surface area (Å²) in [5.41, 5.74) is 3.05. The lowest BCUT2D eigenvalue weighted by molar-refractivity contribution is 0.262. The smallest absolute Gasteiger partial charge is 0.308 e. The zero-order valence-electron chi connectivity index (χ0n) is 11.2. The molecular weight excluding hydrogens is 304 g/mol. The number of hydrogen-bond donors (Lipinski definition) is 2. The summed E-state index contributed by atoms with van der Waals surface area (Å²) >= 11 is 2.82. The van der Waals surface area contributed by atoms with Crippen LogP contribution in [0.4, 0.5) is 16.2 Å². The van der Waals surface area contributed by atoms with E-state index in [2.05, 4.69) is 19.4 Å². The minimum absolute atomic E-state index is 0.283. The number of nitrogens with one attached hydrogen (secondary N) is 2. The van der Waals surface area contributed by atoms with Crippen molar-refractivity contribution in [2.24, 2.45) is 0 Å². The van der Waals surface area contributed by atoms with Gasteiger partial charge in [0.1, 0.15) is 11.0 Å². The molecule has 0 aliphatic heterocycles. The topological polar surface area (TPSA) is 66.9 Å². The molecule has 0 saturated heterocycles. The van der Waals surface area contributed by atoms with Gasteiger partial charge in [-0.25, -0.2) is 4.79 Å². The first-order valence-electron chi connectivity index (χ1n) is 6.19. The number of anilines is 2. The molecule has 21 heavy (non-hydrogen) atoms. The van der Waals surface area contributed by atoms with Crippen LogP contribution in [0.25, 0.3) is 11.0 Å². The fourth-order valence-electron chi connectivity index (χ4n) is 1.83. The minimum Gasteiger partial charge on any atom is -0.308 e. The Balaban J connectivity index is 1.67. The van der Waals surface area contributed by atoms with Crippen LogP contribution in [-0.2, 0) is 0 Å². The molecule has 1 heterocycles. The predicted molar refractivity (Wildman–Crippen MR) is 88.3 cm³/mol. The molecule has 2 amide bonds. The SMILES string of the molecule is CSc1ccc(NC(=O)Nc2ccc3nsnc3c2)cc1. The maximum absolute atomic E-state index is 11.9. The Morgan fingerprint density at radius 1 is 1.00 bits per heavy atom. The molecule has 1 aromatic heterocycles. The van der Waals surface area contributed by atoms with Crippen LogP contribution in [0.5, 0.6) is 0 Å². The summed E-state index contributed by atoms with van der Waals surface area (Å²) in [7, 11) is 0. The minimum atomic E-state index is -0.283. The number of aromatic nitrogens is 2. The van der Waals surface area contributed by atoms with Gasteiger partial charge in [0, 0.05) is 16.3 Å². The standard InChI is InChI=1S/C14H12N4OS2/c1-20-11-5-2-9(3-6-11)15-14(19)16-10-4-7-12-13(8-10)18-21-17-12/h2-8H,1H3,(H2,15,16,19). The molecule has 106 valence electrons. The van der Waals surface area contributed by atoms with Crippen molar-refractivity contribution in [1.82, 2.24) is 8.75 Å². The molecule has 0 atom stereocenters. The van der Waals surface area contributed by atoms with Crippen molar-refractivity contribution in [3.8, 4) is 0 Å². The van der Waals surface area contributed by atoms with Gasteiger partial charge in [-0.3, -0.25) is 0 Å². The van der Waals surface area contributed by atoms with E-state index in [9.17, 15) is 4.79 Å². The largest absolute Gasteiger partial charge is 0.323 e. The van der Waals surface area contributed by atoms with Gasteiger partial charge in [0.15, 0.2) is 0 Å². The number of carbonyl (C=O) groups is 1. The van der Waals surface area contributed by atoms with Gasteiger partial charge in [-0.15, -0.1) is 11.8 Å². The molecule has 0 fully saturated rings. The van der Waals surface area contributed by atoms with E-state index in [1.165, 1.54) is 0 Å². The number of carbonyl (C=O) groups excluding carboxylic acids is 1. The monoisotopic (exact) mass is 316 g/mol. The summed E-state index contributed by atoms with van der Waals surface area (Å²) in [6.45, 7) is 0. The number of nitrogens with zero attached hydrogens (tertiary/aromatic N) is 2. The molecule has 2 N–H and O–H groups in total. The quantitative estimate of drug-likeness (QED) is 0.715. The average Bonchev–Trinajstić information content (AvgIpc) is 2.95. The van der Waals surface area contributed by atoms with Crippen molar-refractivity contribution in [3.63, 3.8) is 0 Å². The van der Waals surface area contributed by atoms with Gasteiger partial charge in [-0.2, -0.15) is 8.75 Å². The Bertz CT molecular complexity index is 770. The highest BCUT2D eigenvalue weighted by atomic mass is 32.2. The van der Waals surface area contributed by atoms with Crippen molar-refractivity contribution >= 4 is 51.9 Å². The van der Waals surface area contributed by atoms with Crippen LogP contribution in [0, 0.1) is 0 Å². The highest BCUT2D eigenvalue weighted by Gasteiger charge is 2.05. The lowest BCUT2D eigenvalue weighted by Crippen LogP contribution is -2.19. The van der Waals surface area contributed by atoms with E-state index in [4.69, 9.17) is 0 Å². The number of hydrogen-bond acceptors (Lipinski definition) is 5. The molecular formula is C14H12N4OS2. The molecule has 0 unspecified atom stereocenters. The predicted octanol–water partition coefficient (Wildman–Crippen LogP) is 4.06. The van der Waals surface area contributed by atoms with Crippen molar-refractivity contribution in [2.75, 3.05) is 16.9 Å². The van der Waals surface area contributed by atoms with Crippen LogP contribution in [-0.4, -0.2) is 21.0 Å². The van der Waals surface area contributed by atoms with Gasteiger partial charge in [0.2, 0.25) is 0 Å². The van der Waals surface area contributed by atoms with Crippen molar-refractivity contribution in [1.29, 1.82) is 0 Å². The number of rotatable bonds is 3. The Kier molecular flexibility index (Phi) is 4.03. The normalized spacial score (nSPS) is 10.5. The second-order valence-electron chi connectivity index (χ2n) is 4.28. The van der Waals surface area contributed by atoms with Gasteiger partial charge in [0.05, 0.1) is 11.7 Å². The van der Waals surface area contributed by atoms with E-state index in [1.807, 2.05) is 36.6 Å². The number of benzene rings is 2. The lowest BCUT2D eigenvalue weighted by Gasteiger charge is -2.08. The Morgan fingerprint density at radius 2 is 1.67 bits per heavy atom. The van der Waals surface area contributed by atoms with Crippen molar-refractivity contribution < 1.29 is 4.79 Å². The Hall–Kier alpha value is -2.12. The first-order valence-corrected chi connectivity index (χ1v) is 8.14. The molecule has 0 saturated carbocycles. The van der Waals surface area contributed by atoms with Gasteiger partial charge in [-0.05, 0) is 48.7 Å². The van der Waals surface area contributed by atoms with Crippen LogP contribution in [0.1, 0.15) is 0 Å². The fourth-order valence-corrected chi connectivity index (χ4v) is 2.75. The lowest BCUT2D eigenvalue weighted by atomic mass is 10.3. The molecule has 5 nitrogen and oxygen atoms in total. The number of thioether (sulfide) groups is 1. The number of fused-ring (bicyclic) bond motifs is 1. The summed E-state index contributed by atoms with van der Waals surface area (Å²) < 4.78 is 8.27. The van der Waals surface area contributed by atoms with Gasteiger partial charge in [-0.1, -0.05) is 0 Å². The molecule has 0 aliphatic rings. The third-order valence-electron chi connectivity index (χ3n) is 2.86. The van der Waals surface area contributed by atoms with E-state index in [-0.39, 0.29) is 6.03 Å². The maximum Gasteiger partial charge on any atom is 0.323 e. The van der Waals surface area contributed by atoms with Crippen LogP contribution in [0.3, 0.4) is 0 Å². The van der Waals surface area contributed by atoms with Gasteiger partial charge in [0.25, 0.3) is 0 Å². The zero-order valence-corrected chi connectivity index (χ0v) is 12.8. The first kappa shape index (κ1) is 13.8. The Labute approximate surface area is 130 Å². The molecule has 0 radical (unpaired) electrons. The molecule has 0 aliphatic carbocycles. The second kappa shape index (κ2) is 6.11. The van der Waals surface area contributed by atoms with E-state index < -0.39 is 0 Å².